The van der Waals surface area contributed by atoms with Crippen molar-refractivity contribution in [2.45, 2.75) is 77.3 Å². The molecule has 18 heavy (non-hydrogen) atoms. The number of likely N-dealkylation sites (tertiary alicyclic amines) is 1. The molecule has 1 heterocycles. The van der Waals surface area contributed by atoms with Gasteiger partial charge in [-0.1, -0.05) is 20.3 Å². The van der Waals surface area contributed by atoms with Crippen molar-refractivity contribution in [3.05, 3.63) is 0 Å². The maximum absolute atomic E-state index is 10.9. The summed E-state index contributed by atoms with van der Waals surface area (Å²) in [6.07, 6.45) is 9.01. The fraction of sp³-hybridized carbons (Fsp3) is 0.933. The van der Waals surface area contributed by atoms with Crippen molar-refractivity contribution >= 4 is 5.97 Å². The monoisotopic (exact) mass is 253 g/mol. The topological polar surface area (TPSA) is 40.5 Å². The van der Waals surface area contributed by atoms with Crippen molar-refractivity contribution in [3.8, 4) is 0 Å². The summed E-state index contributed by atoms with van der Waals surface area (Å²) in [5.41, 5.74) is 0.483. The summed E-state index contributed by atoms with van der Waals surface area (Å²) in [5.74, 6) is -0.638. The van der Waals surface area contributed by atoms with Gasteiger partial charge in [0.1, 0.15) is 0 Å². The van der Waals surface area contributed by atoms with Crippen LogP contribution in [-0.4, -0.2) is 34.6 Å². The molecule has 3 nitrogen and oxygen atoms in total. The van der Waals surface area contributed by atoms with Gasteiger partial charge in [-0.2, -0.15) is 0 Å². The lowest BCUT2D eigenvalue weighted by molar-refractivity contribution is -0.138. The number of carbonyl (C=O) groups is 1. The average Bonchev–Trinajstić information content (AvgIpc) is 2.62. The number of aliphatic carboxylic acids is 1. The van der Waals surface area contributed by atoms with Crippen molar-refractivity contribution in [1.29, 1.82) is 0 Å². The molecule has 0 bridgehead atoms. The quantitative estimate of drug-likeness (QED) is 0.785. The molecule has 2 atom stereocenters. The molecule has 0 aromatic rings. The Kier molecular flexibility index (Phi) is 4.31. The van der Waals surface area contributed by atoms with Gasteiger partial charge in [0.2, 0.25) is 0 Å². The van der Waals surface area contributed by atoms with Crippen molar-refractivity contribution in [1.82, 2.24) is 4.90 Å². The molecule has 2 unspecified atom stereocenters. The summed E-state index contributed by atoms with van der Waals surface area (Å²) >= 11 is 0. The molecule has 1 aliphatic carbocycles. The minimum atomic E-state index is -0.638. The Labute approximate surface area is 111 Å². The zero-order chi connectivity index (χ0) is 13.2. The first kappa shape index (κ1) is 13.9. The van der Waals surface area contributed by atoms with Crippen molar-refractivity contribution in [2.24, 2.45) is 5.41 Å². The molecule has 0 spiro atoms. The summed E-state index contributed by atoms with van der Waals surface area (Å²) < 4.78 is 0. The Bertz CT molecular complexity index is 301. The van der Waals surface area contributed by atoms with Gasteiger partial charge in [0, 0.05) is 12.1 Å². The second-order valence-electron chi connectivity index (χ2n) is 6.88. The normalized spacial score (nSPS) is 33.2. The Morgan fingerprint density at radius 3 is 2.72 bits per heavy atom. The number of rotatable bonds is 3. The van der Waals surface area contributed by atoms with Gasteiger partial charge in [-0.05, 0) is 50.5 Å². The lowest BCUT2D eigenvalue weighted by Crippen LogP contribution is -2.40. The fourth-order valence-corrected chi connectivity index (χ4v) is 3.73. The second-order valence-corrected chi connectivity index (χ2v) is 6.88. The molecule has 1 saturated carbocycles. The number of carboxylic acid groups (broad SMARTS) is 1. The predicted octanol–water partition coefficient (Wildman–Crippen LogP) is 3.28. The van der Waals surface area contributed by atoms with E-state index in [1.54, 1.807) is 0 Å². The van der Waals surface area contributed by atoms with E-state index in [4.69, 9.17) is 5.11 Å². The maximum Gasteiger partial charge on any atom is 0.304 e. The molecule has 0 amide bonds. The molecule has 1 N–H and O–H groups in total. The van der Waals surface area contributed by atoms with E-state index in [0.29, 0.717) is 23.9 Å². The largest absolute Gasteiger partial charge is 0.481 e. The van der Waals surface area contributed by atoms with E-state index >= 15 is 0 Å². The van der Waals surface area contributed by atoms with Crippen LogP contribution in [0.4, 0.5) is 0 Å². The van der Waals surface area contributed by atoms with Crippen molar-refractivity contribution in [3.63, 3.8) is 0 Å². The summed E-state index contributed by atoms with van der Waals surface area (Å²) in [6, 6.07) is 0.937. The molecular weight excluding hydrogens is 226 g/mol. The number of carboxylic acids is 1. The summed E-state index contributed by atoms with van der Waals surface area (Å²) in [4.78, 5) is 13.4. The average molecular weight is 253 g/mol. The summed E-state index contributed by atoms with van der Waals surface area (Å²) in [7, 11) is 0. The van der Waals surface area contributed by atoms with E-state index in [9.17, 15) is 4.79 Å². The van der Waals surface area contributed by atoms with E-state index < -0.39 is 5.97 Å². The SMILES string of the molecule is CC1(C)CCCC(N2CCCC2CC(=O)O)CC1. The Balaban J connectivity index is 1.95. The zero-order valence-corrected chi connectivity index (χ0v) is 11.8. The molecule has 2 fully saturated rings. The van der Waals surface area contributed by atoms with Gasteiger partial charge in [-0.25, -0.2) is 0 Å². The molecule has 1 aliphatic heterocycles. The highest BCUT2D eigenvalue weighted by Gasteiger charge is 2.34. The Morgan fingerprint density at radius 2 is 2.00 bits per heavy atom. The minimum Gasteiger partial charge on any atom is -0.481 e. The van der Waals surface area contributed by atoms with Crippen LogP contribution in [0.5, 0.6) is 0 Å². The first-order chi connectivity index (χ1) is 8.48. The van der Waals surface area contributed by atoms with Crippen LogP contribution in [-0.2, 0) is 4.79 Å². The van der Waals surface area contributed by atoms with E-state index in [1.807, 2.05) is 0 Å². The summed E-state index contributed by atoms with van der Waals surface area (Å²) in [6.45, 7) is 5.85. The third-order valence-corrected chi connectivity index (χ3v) is 4.85. The highest BCUT2D eigenvalue weighted by atomic mass is 16.4. The molecule has 0 radical (unpaired) electrons. The van der Waals surface area contributed by atoms with E-state index in [2.05, 4.69) is 18.7 Å². The van der Waals surface area contributed by atoms with Gasteiger partial charge in [0.05, 0.1) is 6.42 Å². The maximum atomic E-state index is 10.9. The molecule has 0 aromatic heterocycles. The number of hydrogen-bond acceptors (Lipinski definition) is 2. The fourth-order valence-electron chi connectivity index (χ4n) is 3.73. The Hall–Kier alpha value is -0.570. The van der Waals surface area contributed by atoms with Crippen LogP contribution in [0.15, 0.2) is 0 Å². The molecule has 2 aliphatic rings. The second kappa shape index (κ2) is 5.60. The van der Waals surface area contributed by atoms with Crippen LogP contribution < -0.4 is 0 Å². The highest BCUT2D eigenvalue weighted by molar-refractivity contribution is 5.67. The van der Waals surface area contributed by atoms with Gasteiger partial charge in [-0.15, -0.1) is 0 Å². The lowest BCUT2D eigenvalue weighted by Gasteiger charge is -2.32. The molecular formula is C15H27NO2. The van der Waals surface area contributed by atoms with Crippen molar-refractivity contribution < 1.29 is 9.90 Å². The highest BCUT2D eigenvalue weighted by Crippen LogP contribution is 2.37. The van der Waals surface area contributed by atoms with Crippen LogP contribution in [0.1, 0.15) is 65.2 Å². The minimum absolute atomic E-state index is 0.300. The van der Waals surface area contributed by atoms with Gasteiger partial charge in [0.15, 0.2) is 0 Å². The van der Waals surface area contributed by atoms with Gasteiger partial charge in [-0.3, -0.25) is 9.69 Å². The van der Waals surface area contributed by atoms with Crippen LogP contribution >= 0.6 is 0 Å². The van der Waals surface area contributed by atoms with Crippen molar-refractivity contribution in [2.75, 3.05) is 6.54 Å². The molecule has 3 heteroatoms. The van der Waals surface area contributed by atoms with Gasteiger partial charge >= 0.3 is 5.97 Å². The number of nitrogens with zero attached hydrogens (tertiary/aromatic N) is 1. The molecule has 1 saturated heterocycles. The van der Waals surface area contributed by atoms with Crippen LogP contribution in [0.25, 0.3) is 0 Å². The first-order valence-corrected chi connectivity index (χ1v) is 7.45. The standard InChI is InChI=1S/C15H27NO2/c1-15(2)8-3-5-12(7-9-15)16-10-4-6-13(16)11-14(17)18/h12-13H,3-11H2,1-2H3,(H,17,18). The molecule has 0 aromatic carbocycles. The lowest BCUT2D eigenvalue weighted by atomic mass is 9.85. The third kappa shape index (κ3) is 3.47. The van der Waals surface area contributed by atoms with E-state index in [1.165, 1.54) is 38.5 Å². The van der Waals surface area contributed by atoms with Gasteiger partial charge < -0.3 is 5.11 Å². The van der Waals surface area contributed by atoms with Crippen LogP contribution in [0.3, 0.4) is 0 Å². The van der Waals surface area contributed by atoms with E-state index in [-0.39, 0.29) is 0 Å². The van der Waals surface area contributed by atoms with Gasteiger partial charge in [0.25, 0.3) is 0 Å². The summed E-state index contributed by atoms with van der Waals surface area (Å²) in [5, 5.41) is 9.00. The Morgan fingerprint density at radius 1 is 1.22 bits per heavy atom. The first-order valence-electron chi connectivity index (χ1n) is 7.45. The number of hydrogen-bond donors (Lipinski definition) is 1. The predicted molar refractivity (Wildman–Crippen MR) is 72.6 cm³/mol. The van der Waals surface area contributed by atoms with E-state index in [0.717, 1.165) is 13.0 Å². The third-order valence-electron chi connectivity index (χ3n) is 4.85. The zero-order valence-electron chi connectivity index (χ0n) is 11.8. The molecule has 2 rings (SSSR count). The van der Waals surface area contributed by atoms with Crippen LogP contribution in [0.2, 0.25) is 0 Å². The van der Waals surface area contributed by atoms with Crippen LogP contribution in [0, 0.1) is 5.41 Å². The smallest absolute Gasteiger partial charge is 0.304 e. The molecule has 104 valence electrons.